The molecule has 0 aliphatic carbocycles. The van der Waals surface area contributed by atoms with Gasteiger partial charge in [0, 0.05) is 31.6 Å². The van der Waals surface area contributed by atoms with Gasteiger partial charge in [0.15, 0.2) is 5.82 Å². The summed E-state index contributed by atoms with van der Waals surface area (Å²) in [5.41, 5.74) is 7.87. The summed E-state index contributed by atoms with van der Waals surface area (Å²) in [6.07, 6.45) is 3.10. The van der Waals surface area contributed by atoms with Crippen molar-refractivity contribution >= 4 is 34.2 Å². The molecule has 1 atom stereocenters. The van der Waals surface area contributed by atoms with E-state index in [-0.39, 0.29) is 11.9 Å². The summed E-state index contributed by atoms with van der Waals surface area (Å²) in [6, 6.07) is 5.88. The predicted molar refractivity (Wildman–Crippen MR) is 98.4 cm³/mol. The van der Waals surface area contributed by atoms with Crippen molar-refractivity contribution < 1.29 is 9.59 Å². The van der Waals surface area contributed by atoms with Crippen molar-refractivity contribution in [2.24, 2.45) is 12.8 Å². The lowest BCUT2D eigenvalue weighted by Gasteiger charge is -2.19. The molecule has 25 heavy (non-hydrogen) atoms. The highest BCUT2D eigenvalue weighted by molar-refractivity contribution is 6.24. The Morgan fingerprint density at radius 1 is 1.32 bits per heavy atom. The summed E-state index contributed by atoms with van der Waals surface area (Å²) in [6.45, 7) is 8.56. The second kappa shape index (κ2) is 6.52. The minimum absolute atomic E-state index is 0.143. The van der Waals surface area contributed by atoms with Crippen molar-refractivity contribution in [1.29, 1.82) is 0 Å². The number of fused-ring (bicyclic) bond motifs is 1. The number of hydrogen-bond donors (Lipinski definition) is 1. The Morgan fingerprint density at radius 2 is 2.00 bits per heavy atom. The lowest BCUT2D eigenvalue weighted by Crippen LogP contribution is -2.34. The van der Waals surface area contributed by atoms with Crippen LogP contribution in [0.15, 0.2) is 43.5 Å². The van der Waals surface area contributed by atoms with E-state index in [1.165, 1.54) is 0 Å². The van der Waals surface area contributed by atoms with Crippen LogP contribution in [0.2, 0.25) is 0 Å². The number of benzene rings is 1. The summed E-state index contributed by atoms with van der Waals surface area (Å²) in [5, 5.41) is 5.14. The van der Waals surface area contributed by atoms with Gasteiger partial charge in [-0.25, -0.2) is 4.90 Å². The third-order valence-corrected chi connectivity index (χ3v) is 4.39. The fourth-order valence-electron chi connectivity index (χ4n) is 3.22. The van der Waals surface area contributed by atoms with Gasteiger partial charge in [-0.05, 0) is 30.7 Å². The number of anilines is 2. The van der Waals surface area contributed by atoms with Crippen molar-refractivity contribution in [1.82, 2.24) is 9.78 Å². The Morgan fingerprint density at radius 3 is 2.56 bits per heavy atom. The van der Waals surface area contributed by atoms with Crippen molar-refractivity contribution in [3.63, 3.8) is 0 Å². The number of nitrogens with two attached hydrogens (primary N) is 1. The van der Waals surface area contributed by atoms with E-state index >= 15 is 0 Å². The first-order valence-electron chi connectivity index (χ1n) is 8.07. The monoisotopic (exact) mass is 339 g/mol. The van der Waals surface area contributed by atoms with Gasteiger partial charge in [-0.15, -0.1) is 0 Å². The Balaban J connectivity index is 2.18. The molecule has 1 aliphatic heterocycles. The van der Waals surface area contributed by atoms with Crippen LogP contribution in [-0.4, -0.2) is 40.7 Å². The molecule has 2 heterocycles. The lowest BCUT2D eigenvalue weighted by molar-refractivity contribution is -0.121. The molecule has 0 bridgehead atoms. The van der Waals surface area contributed by atoms with Crippen molar-refractivity contribution in [2.75, 3.05) is 22.9 Å². The molecule has 7 nitrogen and oxygen atoms in total. The van der Waals surface area contributed by atoms with Crippen molar-refractivity contribution in [3.8, 4) is 0 Å². The van der Waals surface area contributed by atoms with Crippen LogP contribution in [-0.2, 0) is 16.6 Å². The minimum Gasteiger partial charge on any atom is -0.368 e. The van der Waals surface area contributed by atoms with Crippen LogP contribution >= 0.6 is 0 Å². The maximum atomic E-state index is 12.2. The number of aromatic nitrogens is 2. The van der Waals surface area contributed by atoms with Gasteiger partial charge in [0.05, 0.1) is 11.2 Å². The molecule has 0 spiro atoms. The zero-order chi connectivity index (χ0) is 18.1. The van der Waals surface area contributed by atoms with Crippen molar-refractivity contribution in [2.45, 2.75) is 12.5 Å². The van der Waals surface area contributed by atoms with Gasteiger partial charge in [0.2, 0.25) is 0 Å². The highest BCUT2D eigenvalue weighted by Crippen LogP contribution is 2.34. The number of nitrogens with zero attached hydrogens (tertiary/aromatic N) is 4. The van der Waals surface area contributed by atoms with E-state index in [1.807, 2.05) is 18.2 Å². The summed E-state index contributed by atoms with van der Waals surface area (Å²) in [7, 11) is 1.79. The van der Waals surface area contributed by atoms with Crippen LogP contribution in [0.5, 0.6) is 0 Å². The van der Waals surface area contributed by atoms with E-state index in [0.29, 0.717) is 5.39 Å². The number of hydrogen-bond acceptors (Lipinski definition) is 5. The largest absolute Gasteiger partial charge is 0.368 e. The quantitative estimate of drug-likeness (QED) is 0.850. The van der Waals surface area contributed by atoms with Gasteiger partial charge in [0.1, 0.15) is 0 Å². The third-order valence-electron chi connectivity index (χ3n) is 4.39. The van der Waals surface area contributed by atoms with Crippen LogP contribution in [0.3, 0.4) is 0 Å². The van der Waals surface area contributed by atoms with E-state index in [1.54, 1.807) is 11.7 Å². The molecule has 3 rings (SSSR count). The molecule has 1 fully saturated rings. The molecule has 2 N–H and O–H groups in total. The third kappa shape index (κ3) is 2.83. The van der Waals surface area contributed by atoms with Gasteiger partial charge >= 0.3 is 0 Å². The lowest BCUT2D eigenvalue weighted by atomic mass is 10.2. The maximum Gasteiger partial charge on any atom is 0.258 e. The summed E-state index contributed by atoms with van der Waals surface area (Å²) in [4.78, 5) is 27.6. The molecule has 1 aromatic carbocycles. The number of carbonyl (C=O) groups is 2. The highest BCUT2D eigenvalue weighted by Gasteiger charge is 2.28. The van der Waals surface area contributed by atoms with Gasteiger partial charge in [-0.1, -0.05) is 19.2 Å². The Hall–Kier alpha value is -2.93. The van der Waals surface area contributed by atoms with Crippen LogP contribution in [0, 0.1) is 0 Å². The van der Waals surface area contributed by atoms with E-state index in [9.17, 15) is 9.59 Å². The molecular formula is C18H21N5O2. The number of carbonyl (C=O) groups excluding carboxylic acids is 2. The Labute approximate surface area is 146 Å². The predicted octanol–water partition coefficient (Wildman–Crippen LogP) is 1.34. The zero-order valence-electron chi connectivity index (χ0n) is 14.2. The van der Waals surface area contributed by atoms with E-state index in [2.05, 4.69) is 23.2 Å². The Bertz CT molecular complexity index is 850. The highest BCUT2D eigenvalue weighted by atomic mass is 16.2. The van der Waals surface area contributed by atoms with Crippen LogP contribution < -0.4 is 15.5 Å². The zero-order valence-corrected chi connectivity index (χ0v) is 14.2. The van der Waals surface area contributed by atoms with Gasteiger partial charge < -0.3 is 10.6 Å². The first-order chi connectivity index (χ1) is 12.0. The number of para-hydroxylation sites is 1. The molecule has 7 heteroatoms. The molecule has 1 unspecified atom stereocenters. The molecule has 1 saturated heterocycles. The first-order valence-corrected chi connectivity index (χ1v) is 8.07. The molecule has 0 radical (unpaired) electrons. The average Bonchev–Trinajstić information content (AvgIpc) is 3.19. The smallest absolute Gasteiger partial charge is 0.258 e. The normalized spacial score (nSPS) is 16.9. The molecule has 2 aromatic rings. The molecule has 2 amide bonds. The maximum absolute atomic E-state index is 12.2. The summed E-state index contributed by atoms with van der Waals surface area (Å²) >= 11 is 0. The molecular weight excluding hydrogens is 318 g/mol. The summed E-state index contributed by atoms with van der Waals surface area (Å²) in [5.74, 6) is -0.811. The number of imide groups is 1. The minimum atomic E-state index is -0.543. The standard InChI is InChI=1S/C18H21N5O2/c1-4-15(24)23(16(25)5-2)18-13-7-6-8-14(17(13)21(3)20-18)22-10-9-12(19)11-22/h4-8,12H,1-2,9-11,19H2,3H3. The van der Waals surface area contributed by atoms with Crippen molar-refractivity contribution in [3.05, 3.63) is 43.5 Å². The number of rotatable bonds is 4. The average molecular weight is 339 g/mol. The van der Waals surface area contributed by atoms with E-state index in [0.717, 1.165) is 47.8 Å². The van der Waals surface area contributed by atoms with E-state index < -0.39 is 11.8 Å². The second-order valence-corrected chi connectivity index (χ2v) is 6.04. The fraction of sp³-hybridized carbons (Fsp3) is 0.278. The molecule has 0 saturated carbocycles. The van der Waals surface area contributed by atoms with Crippen LogP contribution in [0.25, 0.3) is 10.9 Å². The van der Waals surface area contributed by atoms with Gasteiger partial charge in [0.25, 0.3) is 11.8 Å². The SMILES string of the molecule is C=CC(=O)N(C(=O)C=C)c1nn(C)c2c(N3CCC(N)C3)cccc12. The topological polar surface area (TPSA) is 84.5 Å². The van der Waals surface area contributed by atoms with Gasteiger partial charge in [-0.2, -0.15) is 5.10 Å². The van der Waals surface area contributed by atoms with Crippen LogP contribution in [0.1, 0.15) is 6.42 Å². The molecule has 1 aromatic heterocycles. The van der Waals surface area contributed by atoms with E-state index in [4.69, 9.17) is 5.73 Å². The summed E-state index contributed by atoms with van der Waals surface area (Å²) < 4.78 is 1.68. The Kier molecular flexibility index (Phi) is 4.41. The second-order valence-electron chi connectivity index (χ2n) is 6.04. The molecule has 130 valence electrons. The first kappa shape index (κ1) is 16.9. The number of aryl methyl sites for hydroxylation is 1. The molecule has 1 aliphatic rings. The number of amides is 2. The van der Waals surface area contributed by atoms with Crippen LogP contribution in [0.4, 0.5) is 11.5 Å². The van der Waals surface area contributed by atoms with Gasteiger partial charge in [-0.3, -0.25) is 14.3 Å². The fourth-order valence-corrected chi connectivity index (χ4v) is 3.22.